The van der Waals surface area contributed by atoms with E-state index in [4.69, 9.17) is 9.84 Å². The summed E-state index contributed by atoms with van der Waals surface area (Å²) in [5.41, 5.74) is 4.01. The van der Waals surface area contributed by atoms with Crippen molar-refractivity contribution in [3.8, 4) is 0 Å². The molecule has 0 aliphatic carbocycles. The van der Waals surface area contributed by atoms with Crippen molar-refractivity contribution in [2.24, 2.45) is 0 Å². The van der Waals surface area contributed by atoms with Crippen LogP contribution in [0.4, 0.5) is 0 Å². The number of hydrogen-bond donors (Lipinski definition) is 2. The van der Waals surface area contributed by atoms with Crippen molar-refractivity contribution in [3.05, 3.63) is 53.1 Å². The third-order valence-corrected chi connectivity index (χ3v) is 5.91. The van der Waals surface area contributed by atoms with Crippen LogP contribution in [0, 0.1) is 0 Å². The molecule has 0 bridgehead atoms. The van der Waals surface area contributed by atoms with E-state index >= 15 is 0 Å². The van der Waals surface area contributed by atoms with Crippen LogP contribution in [0.2, 0.25) is 0 Å². The van der Waals surface area contributed by atoms with Gasteiger partial charge in [-0.3, -0.25) is 14.4 Å². The predicted molar refractivity (Wildman–Crippen MR) is 122 cm³/mol. The number of aliphatic carboxylic acids is 1. The van der Waals surface area contributed by atoms with E-state index < -0.39 is 24.0 Å². The number of carboxylic acids is 1. The zero-order valence-corrected chi connectivity index (χ0v) is 19.8. The fraction of sp³-hybridized carbons (Fsp3) is 0.500. The van der Waals surface area contributed by atoms with Gasteiger partial charge in [-0.05, 0) is 23.5 Å². The number of hydrogen-bond acceptors (Lipinski definition) is 5. The Morgan fingerprint density at radius 1 is 1.24 bits per heavy atom. The number of ether oxygens (including phenoxy) is 1. The third-order valence-electron chi connectivity index (χ3n) is 5.91. The smallest absolute Gasteiger partial charge is 0.325 e. The van der Waals surface area contributed by atoms with Gasteiger partial charge in [0.05, 0.1) is 24.3 Å². The first-order valence-electron chi connectivity index (χ1n) is 10.9. The number of rotatable bonds is 7. The van der Waals surface area contributed by atoms with Crippen molar-refractivity contribution in [1.29, 1.82) is 0 Å². The summed E-state index contributed by atoms with van der Waals surface area (Å²) < 4.78 is 6.99. The first-order chi connectivity index (χ1) is 15.5. The maximum absolute atomic E-state index is 12.8. The number of benzene rings is 1. The lowest BCUT2D eigenvalue weighted by molar-refractivity contribution is -0.146. The first kappa shape index (κ1) is 24.4. The zero-order valence-electron chi connectivity index (χ0n) is 19.8. The van der Waals surface area contributed by atoms with Gasteiger partial charge in [-0.15, -0.1) is 0 Å². The Hall–Kier alpha value is -3.20. The molecule has 33 heavy (non-hydrogen) atoms. The number of carbonyl (C=O) groups excluding carboxylic acids is 2. The summed E-state index contributed by atoms with van der Waals surface area (Å²) in [7, 11) is 1.42. The molecule has 178 valence electrons. The number of carboxylic acid groups (broad SMARTS) is 1. The second-order valence-corrected chi connectivity index (χ2v) is 9.46. The lowest BCUT2D eigenvalue weighted by Crippen LogP contribution is -2.55. The average molecular weight is 457 g/mol. The lowest BCUT2D eigenvalue weighted by atomic mass is 9.87. The Bertz CT molecular complexity index is 1020. The quantitative estimate of drug-likeness (QED) is 0.656. The molecular formula is C24H32N4O5. The molecule has 2 atom stereocenters. The molecule has 0 saturated carbocycles. The highest BCUT2D eigenvalue weighted by atomic mass is 16.5. The monoisotopic (exact) mass is 456 g/mol. The first-order valence-corrected chi connectivity index (χ1v) is 10.9. The van der Waals surface area contributed by atoms with Gasteiger partial charge in [0.1, 0.15) is 18.7 Å². The van der Waals surface area contributed by atoms with E-state index in [0.29, 0.717) is 6.54 Å². The maximum atomic E-state index is 12.8. The minimum atomic E-state index is -1.14. The molecule has 0 spiro atoms. The maximum Gasteiger partial charge on any atom is 0.325 e. The van der Waals surface area contributed by atoms with Crippen molar-refractivity contribution in [3.63, 3.8) is 0 Å². The summed E-state index contributed by atoms with van der Waals surface area (Å²) in [5, 5.41) is 11.6. The second kappa shape index (κ2) is 9.74. The summed E-state index contributed by atoms with van der Waals surface area (Å²) in [6.07, 6.45) is 1.93. The summed E-state index contributed by atoms with van der Waals surface area (Å²) in [6.45, 7) is 8.51. The molecule has 1 aromatic carbocycles. The number of carbonyl (C=O) groups is 3. The van der Waals surface area contributed by atoms with Gasteiger partial charge in [0.15, 0.2) is 0 Å². The topological polar surface area (TPSA) is 114 Å². The number of methoxy groups -OCH3 is 1. The van der Waals surface area contributed by atoms with Crippen LogP contribution in [-0.2, 0) is 44.0 Å². The van der Waals surface area contributed by atoms with Crippen LogP contribution >= 0.6 is 0 Å². The molecule has 1 aromatic heterocycles. The highest BCUT2D eigenvalue weighted by molar-refractivity contribution is 5.91. The average Bonchev–Trinajstić information content (AvgIpc) is 3.14. The Labute approximate surface area is 193 Å². The number of amides is 2. The van der Waals surface area contributed by atoms with Crippen LogP contribution in [0.1, 0.15) is 50.2 Å². The summed E-state index contributed by atoms with van der Waals surface area (Å²) in [5.74, 6) is -2.00. The van der Waals surface area contributed by atoms with E-state index in [-0.39, 0.29) is 30.9 Å². The molecule has 2 amide bonds. The second-order valence-electron chi connectivity index (χ2n) is 9.46. The van der Waals surface area contributed by atoms with Crippen LogP contribution in [0.15, 0.2) is 30.6 Å². The normalized spacial score (nSPS) is 16.8. The predicted octanol–water partition coefficient (Wildman–Crippen LogP) is 1.72. The van der Waals surface area contributed by atoms with E-state index in [0.717, 1.165) is 17.0 Å². The fourth-order valence-electron chi connectivity index (χ4n) is 3.88. The molecular weight excluding hydrogens is 424 g/mol. The number of nitrogens with one attached hydrogen (secondary N) is 1. The molecule has 2 N–H and O–H groups in total. The third kappa shape index (κ3) is 5.60. The van der Waals surface area contributed by atoms with E-state index in [2.05, 4.69) is 55.3 Å². The highest BCUT2D eigenvalue weighted by Crippen LogP contribution is 2.25. The van der Waals surface area contributed by atoms with Gasteiger partial charge >= 0.3 is 5.97 Å². The molecule has 1 aliphatic rings. The van der Waals surface area contributed by atoms with Crippen LogP contribution in [-0.4, -0.2) is 63.1 Å². The Balaban J connectivity index is 1.84. The molecule has 9 nitrogen and oxygen atoms in total. The summed E-state index contributed by atoms with van der Waals surface area (Å²) in [6, 6.07) is 6.51. The number of aromatic nitrogens is 2. The molecule has 9 heteroatoms. The minimum Gasteiger partial charge on any atom is -0.480 e. The lowest BCUT2D eigenvalue weighted by Gasteiger charge is -2.35. The van der Waals surface area contributed by atoms with Crippen LogP contribution < -0.4 is 5.32 Å². The summed E-state index contributed by atoms with van der Waals surface area (Å²) >= 11 is 0. The van der Waals surface area contributed by atoms with E-state index in [1.165, 1.54) is 24.5 Å². The van der Waals surface area contributed by atoms with Crippen LogP contribution in [0.25, 0.3) is 0 Å². The highest BCUT2D eigenvalue weighted by Gasteiger charge is 2.37. The van der Waals surface area contributed by atoms with Crippen LogP contribution in [0.3, 0.4) is 0 Å². The van der Waals surface area contributed by atoms with E-state index in [9.17, 15) is 14.4 Å². The Kier molecular flexibility index (Phi) is 7.22. The molecule has 2 aromatic rings. The van der Waals surface area contributed by atoms with Crippen molar-refractivity contribution >= 4 is 17.8 Å². The standard InChI is InChI=1S/C24H32N4O5/c1-15(23(31)32)26-22(30)19-10-18-20(12-28(19)21(29)13-33-5)27(14-25-18)11-16-6-8-17(9-7-16)24(2,3)4/h6-9,14-15,19H,10-13H2,1-5H3,(H,26,30)(H,31,32). The molecule has 3 rings (SSSR count). The Morgan fingerprint density at radius 2 is 1.91 bits per heavy atom. The van der Waals surface area contributed by atoms with Crippen molar-refractivity contribution in [2.45, 2.75) is 64.7 Å². The molecule has 0 radical (unpaired) electrons. The van der Waals surface area contributed by atoms with Gasteiger partial charge in [0, 0.05) is 20.1 Å². The van der Waals surface area contributed by atoms with Crippen LogP contribution in [0.5, 0.6) is 0 Å². The molecule has 0 saturated heterocycles. The Morgan fingerprint density at radius 3 is 2.48 bits per heavy atom. The molecule has 1 aliphatic heterocycles. The van der Waals surface area contributed by atoms with Crippen molar-refractivity contribution in [1.82, 2.24) is 19.8 Å². The number of fused-ring (bicyclic) bond motifs is 1. The SMILES string of the molecule is COCC(=O)N1Cc2c(ncn2Cc2ccc(C(C)(C)C)cc2)CC1C(=O)NC(C)C(=O)O. The number of imidazole rings is 1. The van der Waals surface area contributed by atoms with Gasteiger partial charge in [-0.25, -0.2) is 4.98 Å². The van der Waals surface area contributed by atoms with Gasteiger partial charge in [-0.1, -0.05) is 45.0 Å². The zero-order chi connectivity index (χ0) is 24.3. The van der Waals surface area contributed by atoms with E-state index in [1.807, 2.05) is 4.57 Å². The molecule has 2 unspecified atom stereocenters. The summed E-state index contributed by atoms with van der Waals surface area (Å²) in [4.78, 5) is 42.6. The van der Waals surface area contributed by atoms with Gasteiger partial charge in [0.25, 0.3) is 0 Å². The van der Waals surface area contributed by atoms with Crippen molar-refractivity contribution in [2.75, 3.05) is 13.7 Å². The largest absolute Gasteiger partial charge is 0.480 e. The fourth-order valence-corrected chi connectivity index (χ4v) is 3.88. The van der Waals surface area contributed by atoms with Crippen molar-refractivity contribution < 1.29 is 24.2 Å². The van der Waals surface area contributed by atoms with E-state index in [1.54, 1.807) is 6.33 Å². The van der Waals surface area contributed by atoms with Gasteiger partial charge in [0.2, 0.25) is 11.8 Å². The molecule has 0 fully saturated rings. The van der Waals surface area contributed by atoms with Gasteiger partial charge < -0.3 is 24.6 Å². The minimum absolute atomic E-state index is 0.0721. The number of nitrogens with zero attached hydrogens (tertiary/aromatic N) is 3. The molecule has 2 heterocycles. The van der Waals surface area contributed by atoms with Gasteiger partial charge in [-0.2, -0.15) is 0 Å².